The van der Waals surface area contributed by atoms with Crippen LogP contribution in [0.25, 0.3) is 21.8 Å². The minimum absolute atomic E-state index is 0.0623. The van der Waals surface area contributed by atoms with E-state index in [1.807, 2.05) is 28.8 Å². The lowest BCUT2D eigenvalue weighted by Crippen LogP contribution is -2.38. The average Bonchev–Trinajstić information content (AvgIpc) is 3.09. The van der Waals surface area contributed by atoms with Crippen molar-refractivity contribution in [2.75, 3.05) is 39.4 Å². The second-order valence-corrected chi connectivity index (χ2v) is 7.77. The molecule has 2 aromatic heterocycles. The largest absolute Gasteiger partial charge is 0.379 e. The number of para-hydroxylation sites is 1. The Morgan fingerprint density at radius 3 is 2.77 bits per heavy atom. The molecule has 3 heterocycles. The fraction of sp³-hybridized carbons (Fsp3) is 0.500. The summed E-state index contributed by atoms with van der Waals surface area (Å²) < 4.78 is 8.74. The molecule has 1 amide bonds. The summed E-state index contributed by atoms with van der Waals surface area (Å²) in [4.78, 5) is 27.3. The number of fused-ring (bicyclic) bond motifs is 3. The number of nitrogens with one attached hydrogen (secondary N) is 1. The fourth-order valence-corrected chi connectivity index (χ4v) is 4.12. The molecule has 0 aliphatic carbocycles. The van der Waals surface area contributed by atoms with E-state index in [1.54, 1.807) is 13.2 Å². The van der Waals surface area contributed by atoms with Crippen LogP contribution < -0.4 is 10.9 Å². The maximum Gasteiger partial charge on any atom is 0.291 e. The smallest absolute Gasteiger partial charge is 0.291 e. The van der Waals surface area contributed by atoms with E-state index in [-0.39, 0.29) is 11.5 Å². The number of amides is 1. The number of nitrogens with zero attached hydrogens (tertiary/aromatic N) is 4. The van der Waals surface area contributed by atoms with Gasteiger partial charge in [-0.1, -0.05) is 18.2 Å². The van der Waals surface area contributed by atoms with Crippen molar-refractivity contribution in [3.05, 3.63) is 40.8 Å². The fourth-order valence-electron chi connectivity index (χ4n) is 4.12. The molecule has 0 unspecified atom stereocenters. The molecule has 160 valence electrons. The summed E-state index contributed by atoms with van der Waals surface area (Å²) in [6.07, 6.45) is 3.81. The van der Waals surface area contributed by atoms with Crippen molar-refractivity contribution in [3.8, 4) is 0 Å². The first-order valence-electron chi connectivity index (χ1n) is 10.6. The first-order valence-corrected chi connectivity index (χ1v) is 10.6. The Hall–Kier alpha value is -2.71. The van der Waals surface area contributed by atoms with E-state index in [0.29, 0.717) is 31.4 Å². The second kappa shape index (κ2) is 9.40. The number of morpholine rings is 1. The molecule has 1 aliphatic heterocycles. The molecular formula is C22H29N5O3. The lowest BCUT2D eigenvalue weighted by atomic mass is 10.2. The predicted molar refractivity (Wildman–Crippen MR) is 117 cm³/mol. The Morgan fingerprint density at radius 1 is 1.13 bits per heavy atom. The summed E-state index contributed by atoms with van der Waals surface area (Å²) in [7, 11) is 1.66. The minimum atomic E-state index is -0.115. The topological polar surface area (TPSA) is 81.4 Å². The van der Waals surface area contributed by atoms with Gasteiger partial charge in [-0.05, 0) is 25.5 Å². The number of aromatic nitrogens is 3. The average molecular weight is 412 g/mol. The molecule has 0 bridgehead atoms. The van der Waals surface area contributed by atoms with Gasteiger partial charge in [0.15, 0.2) is 0 Å². The van der Waals surface area contributed by atoms with Gasteiger partial charge in [-0.25, -0.2) is 4.68 Å². The molecule has 3 aromatic rings. The Bertz CT molecular complexity index is 1080. The van der Waals surface area contributed by atoms with E-state index in [2.05, 4.69) is 15.3 Å². The van der Waals surface area contributed by atoms with Crippen LogP contribution in [-0.2, 0) is 23.1 Å². The first kappa shape index (κ1) is 20.6. The number of rotatable bonds is 8. The van der Waals surface area contributed by atoms with Crippen LogP contribution in [0.2, 0.25) is 0 Å². The summed E-state index contributed by atoms with van der Waals surface area (Å²) in [5.74, 6) is 0.0623. The second-order valence-electron chi connectivity index (χ2n) is 7.77. The van der Waals surface area contributed by atoms with E-state index in [9.17, 15) is 9.59 Å². The molecule has 0 radical (unpaired) electrons. The van der Waals surface area contributed by atoms with Crippen LogP contribution in [0.4, 0.5) is 0 Å². The van der Waals surface area contributed by atoms with Gasteiger partial charge in [-0.3, -0.25) is 14.5 Å². The highest BCUT2D eigenvalue weighted by Crippen LogP contribution is 2.26. The number of benzene rings is 1. The van der Waals surface area contributed by atoms with Crippen LogP contribution in [0.3, 0.4) is 0 Å². The summed E-state index contributed by atoms with van der Waals surface area (Å²) in [6, 6.07) is 7.96. The van der Waals surface area contributed by atoms with Crippen molar-refractivity contribution in [2.24, 2.45) is 7.05 Å². The quantitative estimate of drug-likeness (QED) is 0.568. The van der Waals surface area contributed by atoms with Crippen molar-refractivity contribution in [1.82, 2.24) is 24.6 Å². The summed E-state index contributed by atoms with van der Waals surface area (Å²) in [5, 5.41) is 9.07. The zero-order valence-corrected chi connectivity index (χ0v) is 17.5. The molecule has 1 aromatic carbocycles. The van der Waals surface area contributed by atoms with Crippen LogP contribution in [0.1, 0.15) is 19.3 Å². The van der Waals surface area contributed by atoms with Crippen molar-refractivity contribution < 1.29 is 9.53 Å². The summed E-state index contributed by atoms with van der Waals surface area (Å²) in [6.45, 7) is 5.84. The van der Waals surface area contributed by atoms with Gasteiger partial charge in [0.25, 0.3) is 5.56 Å². The Balaban J connectivity index is 1.34. The summed E-state index contributed by atoms with van der Waals surface area (Å²) in [5.41, 5.74) is 1.54. The molecule has 4 rings (SSSR count). The number of carbonyl (C=O) groups excluding carboxylic acids is 1. The van der Waals surface area contributed by atoms with Crippen LogP contribution in [0, 0.1) is 0 Å². The van der Waals surface area contributed by atoms with Gasteiger partial charge in [0.2, 0.25) is 5.91 Å². The third-order valence-electron chi connectivity index (χ3n) is 5.73. The monoisotopic (exact) mass is 411 g/mol. The normalized spacial score (nSPS) is 15.1. The van der Waals surface area contributed by atoms with E-state index in [4.69, 9.17) is 4.74 Å². The molecular weight excluding hydrogens is 382 g/mol. The molecule has 8 nitrogen and oxygen atoms in total. The Morgan fingerprint density at radius 2 is 1.93 bits per heavy atom. The van der Waals surface area contributed by atoms with Gasteiger partial charge in [-0.15, -0.1) is 0 Å². The number of hydrogen-bond donors (Lipinski definition) is 1. The minimum Gasteiger partial charge on any atom is -0.379 e. The molecule has 30 heavy (non-hydrogen) atoms. The van der Waals surface area contributed by atoms with E-state index < -0.39 is 0 Å². The van der Waals surface area contributed by atoms with Gasteiger partial charge in [-0.2, -0.15) is 5.10 Å². The molecule has 1 aliphatic rings. The first-order chi connectivity index (χ1) is 14.6. The molecule has 1 N–H and O–H groups in total. The van der Waals surface area contributed by atoms with Gasteiger partial charge in [0, 0.05) is 55.9 Å². The lowest BCUT2D eigenvalue weighted by molar-refractivity contribution is -0.121. The van der Waals surface area contributed by atoms with Crippen molar-refractivity contribution in [3.63, 3.8) is 0 Å². The lowest BCUT2D eigenvalue weighted by Gasteiger charge is -2.26. The zero-order valence-electron chi connectivity index (χ0n) is 17.5. The number of aryl methyl sites for hydroxylation is 2. The summed E-state index contributed by atoms with van der Waals surface area (Å²) >= 11 is 0. The van der Waals surface area contributed by atoms with Gasteiger partial charge < -0.3 is 14.6 Å². The highest BCUT2D eigenvalue weighted by Gasteiger charge is 2.15. The molecule has 0 saturated carbocycles. The molecule has 8 heteroatoms. The van der Waals surface area contributed by atoms with Crippen LogP contribution in [0.15, 0.2) is 35.3 Å². The van der Waals surface area contributed by atoms with Crippen molar-refractivity contribution in [2.45, 2.75) is 25.8 Å². The standard InChI is InChI=1S/C22H29N5O3/c1-25-22(29)21-18(16-24-25)17-6-2-3-7-19(17)27(21)11-4-8-20(28)23-9-5-10-26-12-14-30-15-13-26/h2-3,6-7,16H,4-5,8-15H2,1H3,(H,23,28). The Labute approximate surface area is 175 Å². The SMILES string of the molecule is Cn1ncc2c3ccccc3n(CCCC(=O)NCCCN3CCOCC3)c2c1=O. The molecule has 1 fully saturated rings. The van der Waals surface area contributed by atoms with Gasteiger partial charge in [0.1, 0.15) is 5.52 Å². The van der Waals surface area contributed by atoms with Crippen LogP contribution in [-0.4, -0.2) is 64.5 Å². The van der Waals surface area contributed by atoms with Gasteiger partial charge >= 0.3 is 0 Å². The molecule has 1 saturated heterocycles. The highest BCUT2D eigenvalue weighted by atomic mass is 16.5. The van der Waals surface area contributed by atoms with Crippen LogP contribution >= 0.6 is 0 Å². The predicted octanol–water partition coefficient (Wildman–Crippen LogP) is 1.51. The zero-order chi connectivity index (χ0) is 20.9. The highest BCUT2D eigenvalue weighted by molar-refractivity contribution is 6.07. The molecule has 0 atom stereocenters. The number of ether oxygens (including phenoxy) is 1. The number of carbonyl (C=O) groups is 1. The molecule has 0 spiro atoms. The third-order valence-corrected chi connectivity index (χ3v) is 5.73. The maximum absolute atomic E-state index is 12.7. The van der Waals surface area contributed by atoms with E-state index in [1.165, 1.54) is 4.68 Å². The van der Waals surface area contributed by atoms with Crippen molar-refractivity contribution >= 4 is 27.7 Å². The van der Waals surface area contributed by atoms with Crippen LogP contribution in [0.5, 0.6) is 0 Å². The number of hydrogen-bond acceptors (Lipinski definition) is 5. The van der Waals surface area contributed by atoms with E-state index in [0.717, 1.165) is 55.6 Å². The van der Waals surface area contributed by atoms with Gasteiger partial charge in [0.05, 0.1) is 19.4 Å². The Kier molecular flexibility index (Phi) is 6.44. The third kappa shape index (κ3) is 4.39. The van der Waals surface area contributed by atoms with Crippen molar-refractivity contribution in [1.29, 1.82) is 0 Å². The van der Waals surface area contributed by atoms with E-state index >= 15 is 0 Å². The maximum atomic E-state index is 12.7.